The minimum Gasteiger partial charge on any atom is -0.481 e. The van der Waals surface area contributed by atoms with E-state index in [1.165, 1.54) is 7.11 Å². The molecule has 0 saturated carbocycles. The Bertz CT molecular complexity index is 555. The summed E-state index contributed by atoms with van der Waals surface area (Å²) < 4.78 is 12.1. The van der Waals surface area contributed by atoms with E-state index in [9.17, 15) is 9.59 Å². The second kappa shape index (κ2) is 7.26. The van der Waals surface area contributed by atoms with Gasteiger partial charge in [-0.3, -0.25) is 14.3 Å². The van der Waals surface area contributed by atoms with Crippen molar-refractivity contribution in [3.05, 3.63) is 11.4 Å². The molecule has 124 valence electrons. The van der Waals surface area contributed by atoms with Crippen molar-refractivity contribution in [2.75, 3.05) is 20.3 Å². The van der Waals surface area contributed by atoms with Crippen LogP contribution in [0, 0.1) is 13.8 Å². The summed E-state index contributed by atoms with van der Waals surface area (Å²) in [7, 11) is 3.24. The molecule has 8 nitrogen and oxygen atoms in total. The molecule has 0 aliphatic carbocycles. The SMILES string of the molecule is COCC(C)(CC(=O)O)NC(=O)COc1c(C)nn(C)c1C. The van der Waals surface area contributed by atoms with Gasteiger partial charge in [0.25, 0.3) is 5.91 Å². The minimum atomic E-state index is -1.01. The van der Waals surface area contributed by atoms with Crippen molar-refractivity contribution in [2.24, 2.45) is 7.05 Å². The number of aryl methyl sites for hydroxylation is 2. The van der Waals surface area contributed by atoms with Crippen LogP contribution in [-0.2, 0) is 21.4 Å². The zero-order valence-corrected chi connectivity index (χ0v) is 13.6. The minimum absolute atomic E-state index is 0.0932. The molecule has 0 aromatic carbocycles. The lowest BCUT2D eigenvalue weighted by molar-refractivity contribution is -0.139. The first-order valence-electron chi connectivity index (χ1n) is 6.83. The first kappa shape index (κ1) is 18.0. The van der Waals surface area contributed by atoms with Crippen molar-refractivity contribution in [1.29, 1.82) is 0 Å². The smallest absolute Gasteiger partial charge is 0.305 e. The number of methoxy groups -OCH3 is 1. The van der Waals surface area contributed by atoms with Gasteiger partial charge in [0.15, 0.2) is 12.4 Å². The van der Waals surface area contributed by atoms with Crippen molar-refractivity contribution in [2.45, 2.75) is 32.7 Å². The number of ether oxygens (including phenoxy) is 2. The van der Waals surface area contributed by atoms with Crippen LogP contribution < -0.4 is 10.1 Å². The zero-order chi connectivity index (χ0) is 16.9. The van der Waals surface area contributed by atoms with Crippen LogP contribution >= 0.6 is 0 Å². The monoisotopic (exact) mass is 313 g/mol. The predicted octanol–water partition coefficient (Wildman–Crippen LogP) is 0.412. The van der Waals surface area contributed by atoms with Gasteiger partial charge in [-0.05, 0) is 20.8 Å². The highest BCUT2D eigenvalue weighted by molar-refractivity contribution is 5.79. The number of rotatable bonds is 8. The third kappa shape index (κ3) is 4.73. The van der Waals surface area contributed by atoms with E-state index in [-0.39, 0.29) is 19.6 Å². The molecule has 0 bridgehead atoms. The summed E-state index contributed by atoms with van der Waals surface area (Å²) in [5.74, 6) is -0.868. The maximum Gasteiger partial charge on any atom is 0.305 e. The fourth-order valence-electron chi connectivity index (χ4n) is 2.26. The van der Waals surface area contributed by atoms with E-state index in [0.717, 1.165) is 5.69 Å². The number of carbonyl (C=O) groups is 2. The Balaban J connectivity index is 2.66. The van der Waals surface area contributed by atoms with Gasteiger partial charge in [0.05, 0.1) is 24.3 Å². The molecule has 1 unspecified atom stereocenters. The van der Waals surface area contributed by atoms with Crippen molar-refractivity contribution in [1.82, 2.24) is 15.1 Å². The fraction of sp³-hybridized carbons (Fsp3) is 0.643. The van der Waals surface area contributed by atoms with Crippen LogP contribution in [0.4, 0.5) is 0 Å². The molecule has 1 rings (SSSR count). The molecule has 1 aromatic heterocycles. The van der Waals surface area contributed by atoms with Gasteiger partial charge < -0.3 is 19.9 Å². The lowest BCUT2D eigenvalue weighted by atomic mass is 9.99. The van der Waals surface area contributed by atoms with Gasteiger partial charge in [-0.15, -0.1) is 0 Å². The quantitative estimate of drug-likeness (QED) is 0.720. The maximum absolute atomic E-state index is 12.0. The van der Waals surface area contributed by atoms with E-state index < -0.39 is 17.4 Å². The lowest BCUT2D eigenvalue weighted by Gasteiger charge is -2.28. The predicted molar refractivity (Wildman–Crippen MR) is 78.9 cm³/mol. The summed E-state index contributed by atoms with van der Waals surface area (Å²) in [6.07, 6.45) is -0.239. The first-order valence-corrected chi connectivity index (χ1v) is 6.83. The van der Waals surface area contributed by atoms with Crippen LogP contribution in [0.25, 0.3) is 0 Å². The van der Waals surface area contributed by atoms with Crippen LogP contribution in [0.5, 0.6) is 5.75 Å². The number of hydrogen-bond donors (Lipinski definition) is 2. The highest BCUT2D eigenvalue weighted by atomic mass is 16.5. The number of carbonyl (C=O) groups excluding carboxylic acids is 1. The molecule has 0 spiro atoms. The molecule has 1 atom stereocenters. The number of nitrogens with one attached hydrogen (secondary N) is 1. The summed E-state index contributed by atoms with van der Waals surface area (Å²) in [6.45, 7) is 5.12. The first-order chi connectivity index (χ1) is 10.2. The number of aromatic nitrogens is 2. The number of aliphatic carboxylic acids is 1. The molecule has 0 aliphatic rings. The molecule has 0 radical (unpaired) electrons. The standard InChI is InChI=1S/C14H23N3O5/c1-9-13(10(2)17(4)16-9)22-7-11(18)15-14(3,8-21-5)6-12(19)20/h6-8H2,1-5H3,(H,15,18)(H,19,20). The molecule has 0 aliphatic heterocycles. The Kier molecular flexibility index (Phi) is 5.92. The summed E-state index contributed by atoms with van der Waals surface area (Å²) in [6, 6.07) is 0. The number of hydrogen-bond acceptors (Lipinski definition) is 5. The highest BCUT2D eigenvalue weighted by Crippen LogP contribution is 2.21. The van der Waals surface area contributed by atoms with E-state index in [2.05, 4.69) is 10.4 Å². The Labute approximate surface area is 129 Å². The Morgan fingerprint density at radius 1 is 1.41 bits per heavy atom. The van der Waals surface area contributed by atoms with Crippen LogP contribution in [-0.4, -0.2) is 52.6 Å². The van der Waals surface area contributed by atoms with Gasteiger partial charge in [0, 0.05) is 14.2 Å². The van der Waals surface area contributed by atoms with Gasteiger partial charge in [0.2, 0.25) is 0 Å². The number of amides is 1. The molecule has 8 heteroatoms. The Hall–Kier alpha value is -2.09. The molecule has 0 fully saturated rings. The van der Waals surface area contributed by atoms with E-state index in [1.807, 2.05) is 6.92 Å². The van der Waals surface area contributed by atoms with E-state index in [0.29, 0.717) is 11.4 Å². The summed E-state index contributed by atoms with van der Waals surface area (Å²) in [5, 5.41) is 15.8. The lowest BCUT2D eigenvalue weighted by Crippen LogP contribution is -2.52. The molecular formula is C14H23N3O5. The van der Waals surface area contributed by atoms with Gasteiger partial charge in [-0.1, -0.05) is 0 Å². The topological polar surface area (TPSA) is 103 Å². The summed E-state index contributed by atoms with van der Waals surface area (Å²) in [5.41, 5.74) is 0.522. The molecule has 1 heterocycles. The Morgan fingerprint density at radius 2 is 2.05 bits per heavy atom. The summed E-state index contributed by atoms with van der Waals surface area (Å²) in [4.78, 5) is 22.9. The number of carboxylic acid groups (broad SMARTS) is 1. The molecule has 22 heavy (non-hydrogen) atoms. The zero-order valence-electron chi connectivity index (χ0n) is 13.6. The van der Waals surface area contributed by atoms with Gasteiger partial charge in [-0.2, -0.15) is 5.10 Å². The second-order valence-corrected chi connectivity index (χ2v) is 5.52. The van der Waals surface area contributed by atoms with Crippen molar-refractivity contribution < 1.29 is 24.2 Å². The second-order valence-electron chi connectivity index (χ2n) is 5.52. The molecule has 0 saturated heterocycles. The van der Waals surface area contributed by atoms with E-state index >= 15 is 0 Å². The van der Waals surface area contributed by atoms with Gasteiger partial charge in [-0.25, -0.2) is 0 Å². The largest absolute Gasteiger partial charge is 0.481 e. The highest BCUT2D eigenvalue weighted by Gasteiger charge is 2.29. The average molecular weight is 313 g/mol. The van der Waals surface area contributed by atoms with E-state index in [4.69, 9.17) is 14.6 Å². The van der Waals surface area contributed by atoms with Gasteiger partial charge >= 0.3 is 5.97 Å². The number of nitrogens with zero attached hydrogens (tertiary/aromatic N) is 2. The van der Waals surface area contributed by atoms with Gasteiger partial charge in [0.1, 0.15) is 5.69 Å². The van der Waals surface area contributed by atoms with Crippen LogP contribution in [0.2, 0.25) is 0 Å². The molecular weight excluding hydrogens is 290 g/mol. The third-order valence-corrected chi connectivity index (χ3v) is 3.24. The Morgan fingerprint density at radius 3 is 2.50 bits per heavy atom. The van der Waals surface area contributed by atoms with Crippen LogP contribution in [0.3, 0.4) is 0 Å². The summed E-state index contributed by atoms with van der Waals surface area (Å²) >= 11 is 0. The molecule has 2 N–H and O–H groups in total. The fourth-order valence-corrected chi connectivity index (χ4v) is 2.26. The normalized spacial score (nSPS) is 13.5. The molecule has 1 amide bonds. The van der Waals surface area contributed by atoms with Crippen LogP contribution in [0.1, 0.15) is 24.7 Å². The average Bonchev–Trinajstić information content (AvgIpc) is 2.60. The third-order valence-electron chi connectivity index (χ3n) is 3.24. The van der Waals surface area contributed by atoms with E-state index in [1.54, 1.807) is 25.6 Å². The van der Waals surface area contributed by atoms with Crippen molar-refractivity contribution in [3.8, 4) is 5.75 Å². The van der Waals surface area contributed by atoms with Crippen molar-refractivity contribution >= 4 is 11.9 Å². The van der Waals surface area contributed by atoms with Crippen molar-refractivity contribution in [3.63, 3.8) is 0 Å². The van der Waals surface area contributed by atoms with Crippen LogP contribution in [0.15, 0.2) is 0 Å². The molecule has 1 aromatic rings. The number of carboxylic acids is 1. The maximum atomic E-state index is 12.0.